The molecular weight excluding hydrogens is 318 g/mol. The van der Waals surface area contributed by atoms with E-state index in [1.54, 1.807) is 22.5 Å². The summed E-state index contributed by atoms with van der Waals surface area (Å²) in [6.07, 6.45) is 2.15. The van der Waals surface area contributed by atoms with Crippen LogP contribution in [0, 0.1) is 12.3 Å². The van der Waals surface area contributed by atoms with Crippen LogP contribution in [-0.2, 0) is 11.8 Å². The first kappa shape index (κ1) is 18.6. The molecule has 0 saturated carbocycles. The molecule has 0 radical (unpaired) electrons. The van der Waals surface area contributed by atoms with Crippen LogP contribution in [0.5, 0.6) is 0 Å². The van der Waals surface area contributed by atoms with Crippen LogP contribution in [0.2, 0.25) is 0 Å². The van der Waals surface area contributed by atoms with Gasteiger partial charge in [-0.15, -0.1) is 5.10 Å². The number of carbonyl (C=O) groups is 1. The molecule has 0 atom stereocenters. The van der Waals surface area contributed by atoms with Gasteiger partial charge in [-0.1, -0.05) is 33.4 Å². The van der Waals surface area contributed by atoms with Gasteiger partial charge in [0.25, 0.3) is 0 Å². The van der Waals surface area contributed by atoms with Gasteiger partial charge in [0.2, 0.25) is 11.9 Å². The summed E-state index contributed by atoms with van der Waals surface area (Å²) in [5, 5.41) is 11.0. The topological polar surface area (TPSA) is 90.5 Å². The Balaban J connectivity index is 0.00000225. The van der Waals surface area contributed by atoms with Crippen molar-refractivity contribution < 1.29 is 4.79 Å². The Morgan fingerprint density at radius 2 is 1.96 bits per heavy atom. The van der Waals surface area contributed by atoms with Crippen molar-refractivity contribution in [2.24, 2.45) is 12.5 Å². The third-order valence-electron chi connectivity index (χ3n) is 3.41. The van der Waals surface area contributed by atoms with Crippen LogP contribution in [0.1, 0.15) is 40.3 Å². The van der Waals surface area contributed by atoms with Gasteiger partial charge in [0.05, 0.1) is 6.20 Å². The van der Waals surface area contributed by atoms with Crippen molar-refractivity contribution in [3.05, 3.63) is 24.0 Å². The molecule has 134 valence electrons. The number of aryl methyl sites for hydroxylation is 2. The van der Waals surface area contributed by atoms with Gasteiger partial charge < -0.3 is 0 Å². The molecule has 0 aliphatic carbocycles. The zero-order chi connectivity index (χ0) is 17.5. The van der Waals surface area contributed by atoms with Crippen LogP contribution in [-0.4, -0.2) is 35.4 Å². The van der Waals surface area contributed by atoms with E-state index in [1.165, 1.54) is 0 Å². The van der Waals surface area contributed by atoms with Crippen molar-refractivity contribution in [2.75, 3.05) is 5.32 Å². The maximum Gasteiger partial charge on any atom is 0.227 e. The van der Waals surface area contributed by atoms with Crippen molar-refractivity contribution in [2.45, 2.75) is 41.5 Å². The summed E-state index contributed by atoms with van der Waals surface area (Å²) in [7, 11) is 1.78. The Bertz CT molecular complexity index is 901. The fourth-order valence-electron chi connectivity index (χ4n) is 2.44. The number of nitrogens with zero attached hydrogens (tertiary/aromatic N) is 6. The van der Waals surface area contributed by atoms with E-state index in [9.17, 15) is 4.79 Å². The van der Waals surface area contributed by atoms with Gasteiger partial charge in [0, 0.05) is 19.2 Å². The molecule has 25 heavy (non-hydrogen) atoms. The molecule has 3 aromatic rings. The fraction of sp³-hybridized carbons (Fsp3) is 0.471. The standard InChI is InChI=1S/C16H21N7O.CH4/c1-10-6-7-11-14(17-10)23(12-9-22(5)21-20-12)15(18-11)19-13(24)8-16(2,3)4;/h6-7,9H,8H2,1-5H3,(H,18,19,24);1H4. The van der Waals surface area contributed by atoms with Crippen molar-refractivity contribution >= 4 is 23.0 Å². The number of hydrogen-bond acceptors (Lipinski definition) is 5. The highest BCUT2D eigenvalue weighted by atomic mass is 16.1. The van der Waals surface area contributed by atoms with Crippen LogP contribution in [0.15, 0.2) is 18.3 Å². The number of hydrogen-bond donors (Lipinski definition) is 1. The van der Waals surface area contributed by atoms with Gasteiger partial charge in [-0.25, -0.2) is 14.5 Å². The smallest absolute Gasteiger partial charge is 0.227 e. The van der Waals surface area contributed by atoms with Crippen molar-refractivity contribution in [1.82, 2.24) is 29.5 Å². The fourth-order valence-corrected chi connectivity index (χ4v) is 2.44. The number of imidazole rings is 1. The minimum Gasteiger partial charge on any atom is -0.296 e. The molecule has 0 saturated heterocycles. The van der Waals surface area contributed by atoms with Crippen LogP contribution in [0.25, 0.3) is 17.0 Å². The summed E-state index contributed by atoms with van der Waals surface area (Å²) in [5.41, 5.74) is 2.08. The molecule has 0 unspecified atom stereocenters. The van der Waals surface area contributed by atoms with Crippen LogP contribution in [0.3, 0.4) is 0 Å². The first-order valence-corrected chi connectivity index (χ1v) is 7.75. The number of amides is 1. The van der Waals surface area contributed by atoms with Crippen molar-refractivity contribution in [1.29, 1.82) is 0 Å². The zero-order valence-electron chi connectivity index (χ0n) is 14.5. The Morgan fingerprint density at radius 1 is 1.24 bits per heavy atom. The molecule has 0 aromatic carbocycles. The molecule has 0 spiro atoms. The highest BCUT2D eigenvalue weighted by molar-refractivity contribution is 5.92. The third kappa shape index (κ3) is 4.01. The summed E-state index contributed by atoms with van der Waals surface area (Å²) < 4.78 is 3.31. The number of anilines is 1. The number of aromatic nitrogens is 6. The average Bonchev–Trinajstić information content (AvgIpc) is 2.99. The van der Waals surface area contributed by atoms with Gasteiger partial charge in [-0.05, 0) is 24.5 Å². The summed E-state index contributed by atoms with van der Waals surface area (Å²) >= 11 is 0. The van der Waals surface area contributed by atoms with Crippen LogP contribution in [0.4, 0.5) is 5.95 Å². The minimum absolute atomic E-state index is 0. The lowest BCUT2D eigenvalue weighted by molar-refractivity contribution is -0.117. The Kier molecular flexibility index (Phi) is 4.92. The molecule has 3 rings (SSSR count). The van der Waals surface area contributed by atoms with Crippen LogP contribution < -0.4 is 5.32 Å². The monoisotopic (exact) mass is 343 g/mol. The van der Waals surface area contributed by atoms with E-state index in [2.05, 4.69) is 25.6 Å². The first-order chi connectivity index (χ1) is 11.2. The zero-order valence-corrected chi connectivity index (χ0v) is 14.5. The molecular formula is C17H25N7O. The van der Waals surface area contributed by atoms with E-state index < -0.39 is 0 Å². The van der Waals surface area contributed by atoms with E-state index >= 15 is 0 Å². The molecule has 3 heterocycles. The van der Waals surface area contributed by atoms with Crippen molar-refractivity contribution in [3.63, 3.8) is 0 Å². The third-order valence-corrected chi connectivity index (χ3v) is 3.41. The van der Waals surface area contributed by atoms with E-state index in [-0.39, 0.29) is 18.7 Å². The Hall–Kier alpha value is -2.77. The lowest BCUT2D eigenvalue weighted by Crippen LogP contribution is -2.21. The Labute approximate surface area is 147 Å². The van der Waals surface area contributed by atoms with Crippen LogP contribution >= 0.6 is 0 Å². The molecule has 0 aliphatic rings. The van der Waals surface area contributed by atoms with E-state index in [0.717, 1.165) is 5.69 Å². The van der Waals surface area contributed by atoms with E-state index in [4.69, 9.17) is 0 Å². The molecule has 1 amide bonds. The normalized spacial score (nSPS) is 11.4. The number of fused-ring (bicyclic) bond motifs is 1. The van der Waals surface area contributed by atoms with Gasteiger partial charge in [0.15, 0.2) is 11.5 Å². The maximum absolute atomic E-state index is 12.3. The highest BCUT2D eigenvalue weighted by Gasteiger charge is 2.21. The van der Waals surface area contributed by atoms with Gasteiger partial charge in [-0.3, -0.25) is 14.8 Å². The van der Waals surface area contributed by atoms with Gasteiger partial charge in [0.1, 0.15) is 5.52 Å². The minimum atomic E-state index is -0.109. The molecule has 0 fully saturated rings. The second-order valence-corrected chi connectivity index (χ2v) is 7.10. The lowest BCUT2D eigenvalue weighted by atomic mass is 9.92. The number of nitrogens with one attached hydrogen (secondary N) is 1. The predicted octanol–water partition coefficient (Wildman–Crippen LogP) is 2.87. The van der Waals surface area contributed by atoms with E-state index in [1.807, 2.05) is 39.8 Å². The Morgan fingerprint density at radius 3 is 2.56 bits per heavy atom. The molecule has 3 aromatic heterocycles. The predicted molar refractivity (Wildman–Crippen MR) is 97.6 cm³/mol. The molecule has 0 bridgehead atoms. The second-order valence-electron chi connectivity index (χ2n) is 7.10. The maximum atomic E-state index is 12.3. The quantitative estimate of drug-likeness (QED) is 0.789. The summed E-state index contributed by atoms with van der Waals surface area (Å²) in [6, 6.07) is 3.76. The first-order valence-electron chi connectivity index (χ1n) is 7.75. The lowest BCUT2D eigenvalue weighted by Gasteiger charge is -2.17. The second kappa shape index (κ2) is 6.62. The van der Waals surface area contributed by atoms with E-state index in [0.29, 0.717) is 29.4 Å². The summed E-state index contributed by atoms with van der Waals surface area (Å²) in [6.45, 7) is 7.96. The van der Waals surface area contributed by atoms with Gasteiger partial charge in [-0.2, -0.15) is 0 Å². The largest absolute Gasteiger partial charge is 0.296 e. The molecule has 1 N–H and O–H groups in total. The number of carbonyl (C=O) groups excluding carboxylic acids is 1. The SMILES string of the molecule is C.Cc1ccc2nc(NC(=O)CC(C)(C)C)n(-c3cn(C)nn3)c2n1. The average molecular weight is 343 g/mol. The van der Waals surface area contributed by atoms with Crippen molar-refractivity contribution in [3.8, 4) is 5.82 Å². The number of rotatable bonds is 3. The summed E-state index contributed by atoms with van der Waals surface area (Å²) in [4.78, 5) is 21.4. The molecule has 8 nitrogen and oxygen atoms in total. The molecule has 0 aliphatic heterocycles. The molecule has 8 heteroatoms. The highest BCUT2D eigenvalue weighted by Crippen LogP contribution is 2.24. The summed E-state index contributed by atoms with van der Waals surface area (Å²) in [5.74, 6) is 0.863. The number of pyridine rings is 1. The van der Waals surface area contributed by atoms with Gasteiger partial charge >= 0.3 is 0 Å².